The maximum Gasteiger partial charge on any atom is 0.411 e. The van der Waals surface area contributed by atoms with E-state index in [0.717, 1.165) is 37.0 Å². The first-order valence-corrected chi connectivity index (χ1v) is 14.3. The second-order valence-corrected chi connectivity index (χ2v) is 10.6. The fourth-order valence-corrected chi connectivity index (χ4v) is 5.01. The van der Waals surface area contributed by atoms with Gasteiger partial charge in [0.25, 0.3) is 0 Å². The van der Waals surface area contributed by atoms with Crippen LogP contribution in [0.4, 0.5) is 37.7 Å². The van der Waals surface area contributed by atoms with Gasteiger partial charge < -0.3 is 20.1 Å². The minimum atomic E-state index is -6.01. The number of hydrogen-bond donors (Lipinski definition) is 2. The van der Waals surface area contributed by atoms with Crippen molar-refractivity contribution in [3.63, 3.8) is 0 Å². The number of aryl methyl sites for hydroxylation is 1. The van der Waals surface area contributed by atoms with Crippen LogP contribution in [-0.4, -0.2) is 37.1 Å². The number of benzene rings is 4. The van der Waals surface area contributed by atoms with Gasteiger partial charge in [0.15, 0.2) is 11.5 Å². The van der Waals surface area contributed by atoms with Crippen LogP contribution in [0.2, 0.25) is 0 Å². The summed E-state index contributed by atoms with van der Waals surface area (Å²) in [6.45, 7) is 8.38. The Morgan fingerprint density at radius 1 is 0.653 bits per heavy atom. The van der Waals surface area contributed by atoms with Crippen molar-refractivity contribution in [2.75, 3.05) is 17.7 Å². The fraction of sp³-hybridized carbons (Fsp3) is 0.139. The lowest BCUT2D eigenvalue weighted by Gasteiger charge is -2.39. The monoisotopic (exact) mass is 682 g/mol. The van der Waals surface area contributed by atoms with Gasteiger partial charge in [0, 0.05) is 11.1 Å². The molecule has 0 unspecified atom stereocenters. The zero-order chi connectivity index (χ0) is 36.1. The highest BCUT2D eigenvalue weighted by Crippen LogP contribution is 2.57. The van der Waals surface area contributed by atoms with E-state index in [1.54, 1.807) is 24.3 Å². The predicted octanol–water partition coefficient (Wildman–Crippen LogP) is 8.69. The standard InChI is InChI=1S/C36H28F6N2O5/c1-5-31(45)43-27-19-24(13-17-29(27)48-4)34(35(37,38)39,36(40,41)42)25-14-18-30(28(20-25)44-32(46)6-2)49-26-15-11-23(12-16-26)33(47)22-9-7-21(3)8-10-22/h5-20H,1-2H2,3-4H3,(H,43,45)(H,44,46). The number of halogens is 6. The molecule has 4 aromatic rings. The highest BCUT2D eigenvalue weighted by atomic mass is 19.4. The predicted molar refractivity (Wildman–Crippen MR) is 171 cm³/mol. The van der Waals surface area contributed by atoms with Gasteiger partial charge in [-0.25, -0.2) is 0 Å². The van der Waals surface area contributed by atoms with Crippen LogP contribution in [-0.2, 0) is 15.0 Å². The minimum Gasteiger partial charge on any atom is -0.495 e. The molecule has 7 nitrogen and oxygen atoms in total. The largest absolute Gasteiger partial charge is 0.495 e. The Kier molecular flexibility index (Phi) is 10.4. The van der Waals surface area contributed by atoms with E-state index in [0.29, 0.717) is 29.8 Å². The minimum absolute atomic E-state index is 0.0537. The fourth-order valence-electron chi connectivity index (χ4n) is 5.01. The Bertz CT molecular complexity index is 1890. The summed E-state index contributed by atoms with van der Waals surface area (Å²) in [5.74, 6) is -2.64. The van der Waals surface area contributed by atoms with E-state index in [-0.39, 0.29) is 28.6 Å². The SMILES string of the molecule is C=CC(=O)Nc1cc(C(c2ccc(Oc3ccc(C(=O)c4ccc(C)cc4)cc3)c(NC(=O)C=C)c2)(C(F)(F)F)C(F)(F)F)ccc1OC. The van der Waals surface area contributed by atoms with Gasteiger partial charge in [-0.1, -0.05) is 55.1 Å². The van der Waals surface area contributed by atoms with E-state index in [1.165, 1.54) is 24.3 Å². The Balaban J connectivity index is 1.84. The topological polar surface area (TPSA) is 93.7 Å². The van der Waals surface area contributed by atoms with Crippen molar-refractivity contribution in [2.24, 2.45) is 0 Å². The number of ether oxygens (including phenoxy) is 2. The summed E-state index contributed by atoms with van der Waals surface area (Å²) >= 11 is 0. The first-order valence-electron chi connectivity index (χ1n) is 14.3. The van der Waals surface area contributed by atoms with E-state index < -0.39 is 52.1 Å². The molecule has 254 valence electrons. The molecule has 2 N–H and O–H groups in total. The molecule has 49 heavy (non-hydrogen) atoms. The summed E-state index contributed by atoms with van der Waals surface area (Å²) in [6, 6.07) is 16.3. The molecule has 0 aromatic heterocycles. The lowest BCUT2D eigenvalue weighted by molar-refractivity contribution is -0.288. The second kappa shape index (κ2) is 14.1. The van der Waals surface area contributed by atoms with Crippen LogP contribution in [0, 0.1) is 6.92 Å². The number of ketones is 1. The molecule has 0 bridgehead atoms. The number of carbonyl (C=O) groups is 3. The Morgan fingerprint density at radius 3 is 1.51 bits per heavy atom. The average molecular weight is 683 g/mol. The highest BCUT2D eigenvalue weighted by molar-refractivity contribution is 6.09. The average Bonchev–Trinajstić information content (AvgIpc) is 3.05. The van der Waals surface area contributed by atoms with Gasteiger partial charge in [0.05, 0.1) is 18.5 Å². The van der Waals surface area contributed by atoms with Crippen molar-refractivity contribution in [3.8, 4) is 17.2 Å². The summed E-state index contributed by atoms with van der Waals surface area (Å²) in [4.78, 5) is 37.1. The second-order valence-electron chi connectivity index (χ2n) is 10.6. The van der Waals surface area contributed by atoms with Crippen molar-refractivity contribution in [1.82, 2.24) is 0 Å². The molecule has 4 rings (SSSR count). The van der Waals surface area contributed by atoms with Gasteiger partial charge in [-0.3, -0.25) is 14.4 Å². The van der Waals surface area contributed by atoms with Crippen molar-refractivity contribution >= 4 is 29.0 Å². The highest BCUT2D eigenvalue weighted by Gasteiger charge is 2.72. The van der Waals surface area contributed by atoms with Gasteiger partial charge in [-0.15, -0.1) is 0 Å². The van der Waals surface area contributed by atoms with Crippen molar-refractivity contribution < 1.29 is 50.2 Å². The maximum absolute atomic E-state index is 15.0. The summed E-state index contributed by atoms with van der Waals surface area (Å²) in [7, 11) is 1.11. The smallest absolute Gasteiger partial charge is 0.411 e. The number of carbonyl (C=O) groups excluding carboxylic acids is 3. The number of methoxy groups -OCH3 is 1. The van der Waals surface area contributed by atoms with E-state index in [4.69, 9.17) is 9.47 Å². The molecule has 4 aromatic carbocycles. The zero-order valence-electron chi connectivity index (χ0n) is 26.0. The molecular weight excluding hydrogens is 654 g/mol. The van der Waals surface area contributed by atoms with Crippen LogP contribution >= 0.6 is 0 Å². The van der Waals surface area contributed by atoms with Gasteiger partial charge in [-0.2, -0.15) is 26.3 Å². The molecule has 0 spiro atoms. The maximum atomic E-state index is 15.0. The third-order valence-corrected chi connectivity index (χ3v) is 7.44. The first-order chi connectivity index (χ1) is 23.0. The molecule has 0 heterocycles. The molecule has 0 radical (unpaired) electrons. The lowest BCUT2D eigenvalue weighted by Crippen LogP contribution is -2.54. The number of rotatable bonds is 11. The number of anilines is 2. The molecule has 13 heteroatoms. The molecule has 0 aliphatic rings. The molecule has 2 amide bonds. The Hall–Kier alpha value is -5.85. The number of nitrogens with one attached hydrogen (secondary N) is 2. The van der Waals surface area contributed by atoms with E-state index in [2.05, 4.69) is 23.8 Å². The van der Waals surface area contributed by atoms with Crippen LogP contribution < -0.4 is 20.1 Å². The molecule has 0 aliphatic carbocycles. The van der Waals surface area contributed by atoms with E-state index >= 15 is 26.3 Å². The Labute approximate surface area is 276 Å². The molecule has 0 saturated heterocycles. The van der Waals surface area contributed by atoms with E-state index in [1.807, 2.05) is 6.92 Å². The first kappa shape index (κ1) is 36.0. The van der Waals surface area contributed by atoms with Crippen LogP contribution in [0.1, 0.15) is 32.6 Å². The van der Waals surface area contributed by atoms with Crippen molar-refractivity contribution in [1.29, 1.82) is 0 Å². The normalized spacial score (nSPS) is 11.7. The molecule has 0 aliphatic heterocycles. The zero-order valence-corrected chi connectivity index (χ0v) is 26.0. The lowest BCUT2D eigenvalue weighted by atomic mass is 9.72. The van der Waals surface area contributed by atoms with Crippen LogP contribution in [0.25, 0.3) is 0 Å². The molecule has 0 atom stereocenters. The summed E-state index contributed by atoms with van der Waals surface area (Å²) in [5.41, 5.74) is -6.67. The van der Waals surface area contributed by atoms with Crippen molar-refractivity contribution in [3.05, 3.63) is 138 Å². The molecule has 0 saturated carbocycles. The molecule has 0 fully saturated rings. The molecular formula is C36H28F6N2O5. The Morgan fingerprint density at radius 2 is 1.08 bits per heavy atom. The number of hydrogen-bond acceptors (Lipinski definition) is 5. The summed E-state index contributed by atoms with van der Waals surface area (Å²) in [6.07, 6.45) is -10.5. The van der Waals surface area contributed by atoms with E-state index in [9.17, 15) is 14.4 Å². The van der Waals surface area contributed by atoms with Crippen LogP contribution in [0.3, 0.4) is 0 Å². The number of amides is 2. The summed E-state index contributed by atoms with van der Waals surface area (Å²) < 4.78 is 101. The van der Waals surface area contributed by atoms with Crippen LogP contribution in [0.15, 0.2) is 110 Å². The van der Waals surface area contributed by atoms with Crippen molar-refractivity contribution in [2.45, 2.75) is 24.7 Å². The third kappa shape index (κ3) is 7.35. The summed E-state index contributed by atoms with van der Waals surface area (Å²) in [5, 5.41) is 4.36. The van der Waals surface area contributed by atoms with Gasteiger partial charge in [0.2, 0.25) is 17.2 Å². The van der Waals surface area contributed by atoms with Gasteiger partial charge in [0.1, 0.15) is 11.5 Å². The quantitative estimate of drug-likeness (QED) is 0.0938. The van der Waals surface area contributed by atoms with Gasteiger partial charge >= 0.3 is 12.4 Å². The third-order valence-electron chi connectivity index (χ3n) is 7.44. The van der Waals surface area contributed by atoms with Gasteiger partial charge in [-0.05, 0) is 78.7 Å². The van der Waals surface area contributed by atoms with Crippen LogP contribution in [0.5, 0.6) is 17.2 Å². The number of alkyl halides is 6.